The number of hydrogen-bond acceptors (Lipinski definition) is 5. The van der Waals surface area contributed by atoms with Crippen LogP contribution >= 0.6 is 11.8 Å². The van der Waals surface area contributed by atoms with Crippen LogP contribution in [0.5, 0.6) is 0 Å². The minimum atomic E-state index is -0.281. The van der Waals surface area contributed by atoms with Gasteiger partial charge in [-0.2, -0.15) is 0 Å². The zero-order valence-corrected chi connectivity index (χ0v) is 12.6. The lowest BCUT2D eigenvalue weighted by Crippen LogP contribution is -2.00. The Morgan fingerprint density at radius 2 is 1.86 bits per heavy atom. The highest BCUT2D eigenvalue weighted by Gasteiger charge is 2.21. The molecule has 108 valence electrons. The summed E-state index contributed by atoms with van der Waals surface area (Å²) in [7, 11) is 0. The first-order valence-electron chi connectivity index (χ1n) is 6.30. The van der Waals surface area contributed by atoms with Gasteiger partial charge < -0.3 is 4.52 Å². The molecule has 0 spiro atoms. The van der Waals surface area contributed by atoms with Gasteiger partial charge in [-0.1, -0.05) is 16.9 Å². The van der Waals surface area contributed by atoms with Crippen LogP contribution in [-0.4, -0.2) is 26.2 Å². The van der Waals surface area contributed by atoms with Crippen LogP contribution in [0.4, 0.5) is 4.39 Å². The first kappa shape index (κ1) is 13.8. The van der Waals surface area contributed by atoms with Crippen molar-refractivity contribution in [3.63, 3.8) is 0 Å². The lowest BCUT2D eigenvalue weighted by molar-refractivity contribution is 0.393. The molecule has 0 bridgehead atoms. The zero-order valence-electron chi connectivity index (χ0n) is 11.8. The van der Waals surface area contributed by atoms with Crippen LogP contribution in [0, 0.1) is 19.7 Å². The molecule has 2 heterocycles. The van der Waals surface area contributed by atoms with E-state index in [0.717, 1.165) is 22.1 Å². The molecule has 0 atom stereocenters. The molecule has 0 amide bonds. The topological polar surface area (TPSA) is 56.7 Å². The monoisotopic (exact) mass is 304 g/mol. The van der Waals surface area contributed by atoms with E-state index in [1.807, 2.05) is 24.7 Å². The van der Waals surface area contributed by atoms with Gasteiger partial charge in [0.1, 0.15) is 11.6 Å². The second-order valence-electron chi connectivity index (χ2n) is 4.52. The molecule has 1 aromatic carbocycles. The molecule has 2 aromatic heterocycles. The second-order valence-corrected chi connectivity index (χ2v) is 5.29. The maximum Gasteiger partial charge on any atom is 0.195 e. The van der Waals surface area contributed by atoms with Gasteiger partial charge in [0.2, 0.25) is 0 Å². The number of aromatic nitrogens is 4. The maximum absolute atomic E-state index is 13.1. The molecule has 0 radical (unpaired) electrons. The van der Waals surface area contributed by atoms with Gasteiger partial charge in [0.15, 0.2) is 11.0 Å². The van der Waals surface area contributed by atoms with E-state index in [4.69, 9.17) is 4.52 Å². The molecule has 7 heteroatoms. The Hall–Kier alpha value is -2.15. The molecule has 0 N–H and O–H groups in total. The van der Waals surface area contributed by atoms with Gasteiger partial charge >= 0.3 is 0 Å². The van der Waals surface area contributed by atoms with Gasteiger partial charge in [0.05, 0.1) is 11.3 Å². The Kier molecular flexibility index (Phi) is 3.50. The quantitative estimate of drug-likeness (QED) is 0.694. The fourth-order valence-electron chi connectivity index (χ4n) is 2.19. The molecule has 0 unspecified atom stereocenters. The number of rotatable bonds is 3. The number of nitrogens with zero attached hydrogens (tertiary/aromatic N) is 4. The zero-order chi connectivity index (χ0) is 15.0. The van der Waals surface area contributed by atoms with E-state index in [2.05, 4.69) is 15.4 Å². The van der Waals surface area contributed by atoms with Crippen LogP contribution in [0.2, 0.25) is 0 Å². The summed E-state index contributed by atoms with van der Waals surface area (Å²) in [5.41, 5.74) is 2.35. The average Bonchev–Trinajstić information content (AvgIpc) is 3.03. The fourth-order valence-corrected chi connectivity index (χ4v) is 2.69. The summed E-state index contributed by atoms with van der Waals surface area (Å²) in [6.45, 7) is 3.69. The smallest absolute Gasteiger partial charge is 0.195 e. The van der Waals surface area contributed by atoms with Gasteiger partial charge in [0.25, 0.3) is 0 Å². The number of hydrogen-bond donors (Lipinski definition) is 0. The summed E-state index contributed by atoms with van der Waals surface area (Å²) in [6, 6.07) is 6.22. The Morgan fingerprint density at radius 1 is 1.14 bits per heavy atom. The lowest BCUT2D eigenvalue weighted by Gasteiger charge is -2.09. The Labute approximate surface area is 125 Å². The van der Waals surface area contributed by atoms with Gasteiger partial charge in [-0.15, -0.1) is 10.2 Å². The van der Waals surface area contributed by atoms with E-state index in [-0.39, 0.29) is 5.82 Å². The van der Waals surface area contributed by atoms with Gasteiger partial charge in [0, 0.05) is 5.69 Å². The third-order valence-corrected chi connectivity index (χ3v) is 3.79. The van der Waals surface area contributed by atoms with Crippen molar-refractivity contribution in [2.75, 3.05) is 6.26 Å². The third kappa shape index (κ3) is 2.33. The van der Waals surface area contributed by atoms with Crippen molar-refractivity contribution in [2.24, 2.45) is 0 Å². The molecule has 0 aliphatic carbocycles. The largest absolute Gasteiger partial charge is 0.361 e. The SMILES string of the molecule is CSc1nnc(-c2c(C)noc2C)n1-c1ccc(F)cc1. The van der Waals surface area contributed by atoms with Crippen LogP contribution < -0.4 is 0 Å². The molecule has 3 aromatic rings. The van der Waals surface area contributed by atoms with Crippen molar-refractivity contribution in [1.82, 2.24) is 19.9 Å². The Bertz CT molecular complexity index is 759. The normalized spacial score (nSPS) is 11.0. The molecule has 0 fully saturated rings. The first-order valence-corrected chi connectivity index (χ1v) is 7.53. The summed E-state index contributed by atoms with van der Waals surface area (Å²) in [4.78, 5) is 0. The fraction of sp³-hybridized carbons (Fsp3) is 0.214. The number of benzene rings is 1. The van der Waals surface area contributed by atoms with E-state index < -0.39 is 0 Å². The Morgan fingerprint density at radius 3 is 2.43 bits per heavy atom. The molecular formula is C14H13FN4OS. The Balaban J connectivity index is 2.24. The minimum absolute atomic E-state index is 0.281. The molecule has 0 aliphatic rings. The van der Waals surface area contributed by atoms with E-state index in [1.165, 1.54) is 23.9 Å². The molecule has 3 rings (SSSR count). The summed E-state index contributed by atoms with van der Waals surface area (Å²) < 4.78 is 20.2. The predicted octanol–water partition coefficient (Wildman–Crippen LogP) is 3.40. The third-order valence-electron chi connectivity index (χ3n) is 3.16. The van der Waals surface area contributed by atoms with Crippen molar-refractivity contribution < 1.29 is 8.91 Å². The maximum atomic E-state index is 13.1. The van der Waals surface area contributed by atoms with Gasteiger partial charge in [-0.05, 0) is 44.4 Å². The summed E-state index contributed by atoms with van der Waals surface area (Å²) in [5, 5.41) is 13.1. The molecule has 0 saturated carbocycles. The van der Waals surface area contributed by atoms with Crippen LogP contribution in [0.25, 0.3) is 17.1 Å². The molecule has 21 heavy (non-hydrogen) atoms. The molecule has 5 nitrogen and oxygen atoms in total. The van der Waals surface area contributed by atoms with Crippen LogP contribution in [-0.2, 0) is 0 Å². The predicted molar refractivity (Wildman–Crippen MR) is 78.1 cm³/mol. The van der Waals surface area contributed by atoms with E-state index in [1.54, 1.807) is 12.1 Å². The van der Waals surface area contributed by atoms with E-state index >= 15 is 0 Å². The van der Waals surface area contributed by atoms with E-state index in [0.29, 0.717) is 11.6 Å². The van der Waals surface area contributed by atoms with Crippen molar-refractivity contribution in [3.8, 4) is 17.1 Å². The van der Waals surface area contributed by atoms with Crippen molar-refractivity contribution >= 4 is 11.8 Å². The van der Waals surface area contributed by atoms with Crippen LogP contribution in [0.15, 0.2) is 33.9 Å². The summed E-state index contributed by atoms with van der Waals surface area (Å²) in [6.07, 6.45) is 1.92. The number of aryl methyl sites for hydroxylation is 2. The van der Waals surface area contributed by atoms with Crippen LogP contribution in [0.3, 0.4) is 0 Å². The lowest BCUT2D eigenvalue weighted by atomic mass is 10.2. The summed E-state index contributed by atoms with van der Waals surface area (Å²) in [5.74, 6) is 1.04. The molecule has 0 aliphatic heterocycles. The second kappa shape index (κ2) is 5.33. The van der Waals surface area contributed by atoms with Crippen molar-refractivity contribution in [1.29, 1.82) is 0 Å². The molecule has 0 saturated heterocycles. The van der Waals surface area contributed by atoms with Gasteiger partial charge in [-0.3, -0.25) is 4.57 Å². The highest BCUT2D eigenvalue weighted by Crippen LogP contribution is 2.30. The van der Waals surface area contributed by atoms with Crippen molar-refractivity contribution in [3.05, 3.63) is 41.5 Å². The highest BCUT2D eigenvalue weighted by atomic mass is 32.2. The minimum Gasteiger partial charge on any atom is -0.361 e. The summed E-state index contributed by atoms with van der Waals surface area (Å²) >= 11 is 1.47. The number of halogens is 1. The standard InChI is InChI=1S/C14H13FN4OS/c1-8-12(9(2)20-18-8)13-16-17-14(21-3)19(13)11-6-4-10(15)5-7-11/h4-7H,1-3H3. The van der Waals surface area contributed by atoms with E-state index in [9.17, 15) is 4.39 Å². The van der Waals surface area contributed by atoms with Gasteiger partial charge in [-0.25, -0.2) is 4.39 Å². The van der Waals surface area contributed by atoms with Crippen LogP contribution in [0.1, 0.15) is 11.5 Å². The molecular weight excluding hydrogens is 291 g/mol. The highest BCUT2D eigenvalue weighted by molar-refractivity contribution is 7.98. The average molecular weight is 304 g/mol. The van der Waals surface area contributed by atoms with Crippen molar-refractivity contribution in [2.45, 2.75) is 19.0 Å². The first-order chi connectivity index (χ1) is 10.1. The number of thioether (sulfide) groups is 1.